The fourth-order valence-electron chi connectivity index (χ4n) is 0.648. The second-order valence-corrected chi connectivity index (χ2v) is 2.90. The average Bonchev–Trinajstić information content (AvgIpc) is 1.80. The maximum absolute atomic E-state index is 9.30. The number of hydroxylamine groups is 1. The molecule has 0 saturated carbocycles. The van der Waals surface area contributed by atoms with E-state index in [4.69, 9.17) is 10.3 Å². The smallest absolute Gasteiger partial charge is 0.0654 e. The van der Waals surface area contributed by atoms with Gasteiger partial charge in [0.25, 0.3) is 0 Å². The maximum atomic E-state index is 9.30. The van der Waals surface area contributed by atoms with Gasteiger partial charge in [-0.2, -0.15) is 0 Å². The van der Waals surface area contributed by atoms with Crippen LogP contribution in [0.15, 0.2) is 0 Å². The molecule has 4 heteroatoms. The van der Waals surface area contributed by atoms with Crippen LogP contribution in [0.5, 0.6) is 0 Å². The van der Waals surface area contributed by atoms with E-state index in [-0.39, 0.29) is 19.1 Å². The molecule has 1 unspecified atom stereocenters. The van der Waals surface area contributed by atoms with Gasteiger partial charge < -0.3 is 15.4 Å². The highest BCUT2D eigenvalue weighted by Gasteiger charge is 2.25. The topological polar surface area (TPSA) is 72.7 Å². The SMILES string of the molecule is CC(C)(O)C(CO)CNO. The van der Waals surface area contributed by atoms with Crippen LogP contribution < -0.4 is 5.48 Å². The van der Waals surface area contributed by atoms with E-state index in [2.05, 4.69) is 0 Å². The fraction of sp³-hybridized carbons (Fsp3) is 1.00. The van der Waals surface area contributed by atoms with Crippen molar-refractivity contribution in [3.05, 3.63) is 0 Å². The highest BCUT2D eigenvalue weighted by Crippen LogP contribution is 2.14. The number of nitrogens with one attached hydrogen (secondary N) is 1. The molecule has 0 radical (unpaired) electrons. The van der Waals surface area contributed by atoms with Crippen LogP contribution in [-0.2, 0) is 0 Å². The minimum absolute atomic E-state index is 0.142. The van der Waals surface area contributed by atoms with Crippen molar-refractivity contribution in [3.8, 4) is 0 Å². The third-order valence-electron chi connectivity index (χ3n) is 1.56. The summed E-state index contributed by atoms with van der Waals surface area (Å²) in [6.45, 7) is 3.23. The summed E-state index contributed by atoms with van der Waals surface area (Å²) in [6.07, 6.45) is 0. The van der Waals surface area contributed by atoms with Gasteiger partial charge in [-0.05, 0) is 13.8 Å². The first kappa shape index (κ1) is 9.84. The molecule has 0 aromatic heterocycles. The van der Waals surface area contributed by atoms with Crippen LogP contribution in [0.4, 0.5) is 0 Å². The summed E-state index contributed by atoms with van der Waals surface area (Å²) in [5.74, 6) is -0.336. The van der Waals surface area contributed by atoms with E-state index in [0.717, 1.165) is 0 Å². The van der Waals surface area contributed by atoms with Gasteiger partial charge in [0.1, 0.15) is 0 Å². The van der Waals surface area contributed by atoms with Gasteiger partial charge in [0.15, 0.2) is 0 Å². The Labute approximate surface area is 60.5 Å². The second kappa shape index (κ2) is 3.88. The van der Waals surface area contributed by atoms with Crippen molar-refractivity contribution < 1.29 is 15.4 Å². The molecule has 1 atom stereocenters. The van der Waals surface area contributed by atoms with Crippen LogP contribution in [0.3, 0.4) is 0 Å². The minimum Gasteiger partial charge on any atom is -0.396 e. The van der Waals surface area contributed by atoms with E-state index in [1.807, 2.05) is 5.48 Å². The first-order chi connectivity index (χ1) is 4.52. The molecule has 0 aromatic rings. The van der Waals surface area contributed by atoms with E-state index in [0.29, 0.717) is 0 Å². The third kappa shape index (κ3) is 3.12. The van der Waals surface area contributed by atoms with Crippen molar-refractivity contribution in [1.29, 1.82) is 0 Å². The monoisotopic (exact) mass is 149 g/mol. The van der Waals surface area contributed by atoms with Crippen molar-refractivity contribution >= 4 is 0 Å². The Morgan fingerprint density at radius 3 is 2.10 bits per heavy atom. The number of aliphatic hydroxyl groups is 2. The summed E-state index contributed by atoms with van der Waals surface area (Å²) in [5, 5.41) is 26.2. The zero-order valence-electron chi connectivity index (χ0n) is 6.33. The molecule has 4 N–H and O–H groups in total. The van der Waals surface area contributed by atoms with Gasteiger partial charge in [-0.15, -0.1) is 0 Å². The largest absolute Gasteiger partial charge is 0.396 e. The Balaban J connectivity index is 3.81. The molecule has 4 nitrogen and oxygen atoms in total. The Hall–Kier alpha value is -0.160. The molecule has 0 aliphatic rings. The lowest BCUT2D eigenvalue weighted by atomic mass is 9.92. The van der Waals surface area contributed by atoms with Gasteiger partial charge in [-0.3, -0.25) is 0 Å². The van der Waals surface area contributed by atoms with Gasteiger partial charge in [-0.25, -0.2) is 5.48 Å². The van der Waals surface area contributed by atoms with Gasteiger partial charge in [0.05, 0.1) is 5.60 Å². The van der Waals surface area contributed by atoms with Crippen molar-refractivity contribution in [3.63, 3.8) is 0 Å². The van der Waals surface area contributed by atoms with Crippen LogP contribution in [0.1, 0.15) is 13.8 Å². The lowest BCUT2D eigenvalue weighted by Gasteiger charge is -2.26. The standard InChI is InChI=1S/C6H15NO3/c1-6(2,9)5(4-8)3-7-10/h5,7-10H,3-4H2,1-2H3. The minimum atomic E-state index is -0.954. The summed E-state index contributed by atoms with van der Waals surface area (Å²) in [7, 11) is 0. The molecule has 0 aliphatic heterocycles. The van der Waals surface area contributed by atoms with Crippen LogP contribution in [0.2, 0.25) is 0 Å². The molecular weight excluding hydrogens is 134 g/mol. The fourth-order valence-corrected chi connectivity index (χ4v) is 0.648. The van der Waals surface area contributed by atoms with Gasteiger partial charge in [0, 0.05) is 19.1 Å². The Kier molecular flexibility index (Phi) is 3.81. The van der Waals surface area contributed by atoms with Gasteiger partial charge in [-0.1, -0.05) is 0 Å². The van der Waals surface area contributed by atoms with Crippen molar-refractivity contribution in [2.45, 2.75) is 19.4 Å². The van der Waals surface area contributed by atoms with Crippen molar-refractivity contribution in [1.82, 2.24) is 5.48 Å². The number of hydrogen-bond donors (Lipinski definition) is 4. The van der Waals surface area contributed by atoms with Gasteiger partial charge >= 0.3 is 0 Å². The molecule has 10 heavy (non-hydrogen) atoms. The van der Waals surface area contributed by atoms with Crippen molar-refractivity contribution in [2.24, 2.45) is 5.92 Å². The molecule has 0 bridgehead atoms. The summed E-state index contributed by atoms with van der Waals surface area (Å²) < 4.78 is 0. The third-order valence-corrected chi connectivity index (χ3v) is 1.56. The first-order valence-electron chi connectivity index (χ1n) is 3.22. The molecule has 0 saturated heterocycles. The maximum Gasteiger partial charge on any atom is 0.0654 e. The number of hydrogen-bond acceptors (Lipinski definition) is 4. The second-order valence-electron chi connectivity index (χ2n) is 2.90. The Morgan fingerprint density at radius 1 is 1.50 bits per heavy atom. The van der Waals surface area contributed by atoms with E-state index >= 15 is 0 Å². The lowest BCUT2D eigenvalue weighted by molar-refractivity contribution is -0.0230. The molecule has 0 aliphatic carbocycles. The molecule has 0 rings (SSSR count). The summed E-state index contributed by atoms with van der Waals surface area (Å²) in [4.78, 5) is 0. The van der Waals surface area contributed by atoms with Crippen LogP contribution >= 0.6 is 0 Å². The predicted molar refractivity (Wildman–Crippen MR) is 36.7 cm³/mol. The molecule has 0 fully saturated rings. The van der Waals surface area contributed by atoms with E-state index in [1.54, 1.807) is 13.8 Å². The van der Waals surface area contributed by atoms with E-state index in [1.165, 1.54) is 0 Å². The molecule has 0 heterocycles. The van der Waals surface area contributed by atoms with Crippen LogP contribution in [-0.4, -0.2) is 34.2 Å². The van der Waals surface area contributed by atoms with Crippen LogP contribution in [0, 0.1) is 5.92 Å². The predicted octanol–water partition coefficient (Wildman–Crippen LogP) is -0.655. The number of aliphatic hydroxyl groups excluding tert-OH is 1. The lowest BCUT2D eigenvalue weighted by Crippen LogP contribution is -2.39. The Morgan fingerprint density at radius 2 is 2.00 bits per heavy atom. The van der Waals surface area contributed by atoms with Crippen LogP contribution in [0.25, 0.3) is 0 Å². The molecule has 62 valence electrons. The van der Waals surface area contributed by atoms with Crippen molar-refractivity contribution in [2.75, 3.05) is 13.2 Å². The molecule has 0 spiro atoms. The summed E-state index contributed by atoms with van der Waals surface area (Å²) in [5.41, 5.74) is 0.951. The average molecular weight is 149 g/mol. The van der Waals surface area contributed by atoms with Gasteiger partial charge in [0.2, 0.25) is 0 Å². The zero-order chi connectivity index (χ0) is 8.20. The van der Waals surface area contributed by atoms with E-state index in [9.17, 15) is 5.11 Å². The summed E-state index contributed by atoms with van der Waals surface area (Å²) in [6, 6.07) is 0. The normalized spacial score (nSPS) is 15.3. The first-order valence-corrected chi connectivity index (χ1v) is 3.22. The molecule has 0 amide bonds. The Bertz CT molecular complexity index is 89.5. The highest BCUT2D eigenvalue weighted by atomic mass is 16.5. The molecular formula is C6H15NO3. The zero-order valence-corrected chi connectivity index (χ0v) is 6.33. The quantitative estimate of drug-likeness (QED) is 0.401. The highest BCUT2D eigenvalue weighted by molar-refractivity contribution is 4.76. The molecule has 0 aromatic carbocycles. The number of rotatable bonds is 4. The summed E-state index contributed by atoms with van der Waals surface area (Å²) >= 11 is 0. The van der Waals surface area contributed by atoms with E-state index < -0.39 is 5.60 Å².